The van der Waals surface area contributed by atoms with Crippen LogP contribution in [0, 0.1) is 11.8 Å². The van der Waals surface area contributed by atoms with Crippen LogP contribution >= 0.6 is 0 Å². The second-order valence-corrected chi connectivity index (χ2v) is 4.50. The quantitative estimate of drug-likeness (QED) is 0.456. The standard InChI is InChI=1S/C14H19NO3/c1-5-10-8-15-7-6-11(10)13(16)12(9(2)3)14(17)18-4/h6-9,12H,5H2,1-4H3. The van der Waals surface area contributed by atoms with Crippen molar-refractivity contribution in [2.24, 2.45) is 11.8 Å². The summed E-state index contributed by atoms with van der Waals surface area (Å²) >= 11 is 0. The molecule has 4 heteroatoms. The summed E-state index contributed by atoms with van der Waals surface area (Å²) in [6.07, 6.45) is 3.95. The highest BCUT2D eigenvalue weighted by atomic mass is 16.5. The zero-order valence-electron chi connectivity index (χ0n) is 11.3. The lowest BCUT2D eigenvalue weighted by molar-refractivity contribution is -0.144. The molecule has 0 bridgehead atoms. The Hall–Kier alpha value is -1.71. The second-order valence-electron chi connectivity index (χ2n) is 4.50. The van der Waals surface area contributed by atoms with E-state index in [9.17, 15) is 9.59 Å². The molecule has 4 nitrogen and oxygen atoms in total. The minimum Gasteiger partial charge on any atom is -0.468 e. The highest BCUT2D eigenvalue weighted by molar-refractivity contribution is 6.09. The van der Waals surface area contributed by atoms with Crippen molar-refractivity contribution in [3.63, 3.8) is 0 Å². The number of hydrogen-bond acceptors (Lipinski definition) is 4. The molecule has 0 aliphatic rings. The number of ketones is 1. The number of methoxy groups -OCH3 is 1. The van der Waals surface area contributed by atoms with Gasteiger partial charge in [-0.3, -0.25) is 14.6 Å². The number of carbonyl (C=O) groups excluding carboxylic acids is 2. The van der Waals surface area contributed by atoms with Gasteiger partial charge in [0.2, 0.25) is 0 Å². The second kappa shape index (κ2) is 6.28. The molecular weight excluding hydrogens is 230 g/mol. The van der Waals surface area contributed by atoms with Crippen LogP contribution in [0.3, 0.4) is 0 Å². The van der Waals surface area contributed by atoms with E-state index in [4.69, 9.17) is 4.74 Å². The Bertz CT molecular complexity index is 440. The van der Waals surface area contributed by atoms with Gasteiger partial charge in [0.05, 0.1) is 7.11 Å². The van der Waals surface area contributed by atoms with Crippen LogP contribution in [0.5, 0.6) is 0 Å². The number of ether oxygens (including phenoxy) is 1. The third-order valence-electron chi connectivity index (χ3n) is 2.95. The van der Waals surface area contributed by atoms with E-state index in [1.807, 2.05) is 20.8 Å². The van der Waals surface area contributed by atoms with Gasteiger partial charge in [-0.25, -0.2) is 0 Å². The zero-order valence-corrected chi connectivity index (χ0v) is 11.3. The van der Waals surface area contributed by atoms with Gasteiger partial charge in [0.1, 0.15) is 5.92 Å². The van der Waals surface area contributed by atoms with Crippen molar-refractivity contribution < 1.29 is 14.3 Å². The third-order valence-corrected chi connectivity index (χ3v) is 2.95. The molecular formula is C14H19NO3. The first-order chi connectivity index (χ1) is 8.52. The highest BCUT2D eigenvalue weighted by Gasteiger charge is 2.32. The number of aryl methyl sites for hydroxylation is 1. The first kappa shape index (κ1) is 14.4. The van der Waals surface area contributed by atoms with Gasteiger partial charge in [-0.1, -0.05) is 20.8 Å². The lowest BCUT2D eigenvalue weighted by Crippen LogP contribution is -2.30. The molecule has 0 aliphatic heterocycles. The number of aromatic nitrogens is 1. The molecule has 98 valence electrons. The Labute approximate surface area is 107 Å². The molecule has 1 unspecified atom stereocenters. The summed E-state index contributed by atoms with van der Waals surface area (Å²) in [5.74, 6) is -1.50. The largest absolute Gasteiger partial charge is 0.468 e. The average molecular weight is 249 g/mol. The Balaban J connectivity index is 3.14. The average Bonchev–Trinajstić information content (AvgIpc) is 2.37. The van der Waals surface area contributed by atoms with E-state index in [0.717, 1.165) is 5.56 Å². The minimum absolute atomic E-state index is 0.0946. The lowest BCUT2D eigenvalue weighted by atomic mass is 9.86. The molecule has 0 N–H and O–H groups in total. The predicted octanol–water partition coefficient (Wildman–Crippen LogP) is 2.27. The van der Waals surface area contributed by atoms with Crippen molar-refractivity contribution in [3.8, 4) is 0 Å². The summed E-state index contributed by atoms with van der Waals surface area (Å²) in [6, 6.07) is 1.67. The van der Waals surface area contributed by atoms with Gasteiger partial charge < -0.3 is 4.74 Å². The molecule has 1 heterocycles. The van der Waals surface area contributed by atoms with Crippen LogP contribution in [0.15, 0.2) is 18.5 Å². The lowest BCUT2D eigenvalue weighted by Gasteiger charge is -2.18. The van der Waals surface area contributed by atoms with Crippen molar-refractivity contribution in [1.29, 1.82) is 0 Å². The third kappa shape index (κ3) is 2.94. The van der Waals surface area contributed by atoms with Crippen molar-refractivity contribution in [2.75, 3.05) is 7.11 Å². The molecule has 0 fully saturated rings. The smallest absolute Gasteiger partial charge is 0.316 e. The maximum Gasteiger partial charge on any atom is 0.316 e. The van der Waals surface area contributed by atoms with E-state index in [2.05, 4.69) is 4.98 Å². The summed E-state index contributed by atoms with van der Waals surface area (Å²) in [4.78, 5) is 28.1. The first-order valence-corrected chi connectivity index (χ1v) is 6.07. The number of rotatable bonds is 5. The number of nitrogens with zero attached hydrogens (tertiary/aromatic N) is 1. The topological polar surface area (TPSA) is 56.3 Å². The van der Waals surface area contributed by atoms with Gasteiger partial charge in [0.25, 0.3) is 0 Å². The molecule has 1 rings (SSSR count). The van der Waals surface area contributed by atoms with Gasteiger partial charge in [-0.15, -0.1) is 0 Å². The maximum absolute atomic E-state index is 12.4. The zero-order chi connectivity index (χ0) is 13.7. The Morgan fingerprint density at radius 1 is 1.39 bits per heavy atom. The normalized spacial score (nSPS) is 12.3. The van der Waals surface area contributed by atoms with E-state index in [-0.39, 0.29) is 11.7 Å². The number of carbonyl (C=O) groups is 2. The number of Topliss-reactive ketones (excluding diaryl/α,β-unsaturated/α-hetero) is 1. The van der Waals surface area contributed by atoms with E-state index in [1.165, 1.54) is 7.11 Å². The van der Waals surface area contributed by atoms with Crippen molar-refractivity contribution >= 4 is 11.8 Å². The summed E-state index contributed by atoms with van der Waals surface area (Å²) in [7, 11) is 1.30. The monoisotopic (exact) mass is 249 g/mol. The Kier molecular flexibility index (Phi) is 5.01. The predicted molar refractivity (Wildman–Crippen MR) is 68.3 cm³/mol. The number of hydrogen-bond donors (Lipinski definition) is 0. The fourth-order valence-electron chi connectivity index (χ4n) is 1.93. The van der Waals surface area contributed by atoms with E-state index < -0.39 is 11.9 Å². The molecule has 1 aromatic rings. The van der Waals surface area contributed by atoms with Crippen LogP contribution in [0.4, 0.5) is 0 Å². The van der Waals surface area contributed by atoms with Crippen LogP contribution < -0.4 is 0 Å². The highest BCUT2D eigenvalue weighted by Crippen LogP contribution is 2.21. The van der Waals surface area contributed by atoms with Crippen molar-refractivity contribution in [1.82, 2.24) is 4.98 Å². The first-order valence-electron chi connectivity index (χ1n) is 6.07. The van der Waals surface area contributed by atoms with E-state index in [1.54, 1.807) is 18.5 Å². The summed E-state index contributed by atoms with van der Waals surface area (Å²) in [5.41, 5.74) is 1.42. The number of pyridine rings is 1. The molecule has 1 aromatic heterocycles. The molecule has 0 radical (unpaired) electrons. The fourth-order valence-corrected chi connectivity index (χ4v) is 1.93. The number of esters is 1. The summed E-state index contributed by atoms with van der Waals surface area (Å²) < 4.78 is 4.71. The van der Waals surface area contributed by atoms with Crippen molar-refractivity contribution in [2.45, 2.75) is 27.2 Å². The molecule has 0 spiro atoms. The van der Waals surface area contributed by atoms with Crippen LogP contribution in [0.2, 0.25) is 0 Å². The molecule has 0 aliphatic carbocycles. The SMILES string of the molecule is CCc1cnccc1C(=O)C(C(=O)OC)C(C)C. The van der Waals surface area contributed by atoms with Gasteiger partial charge >= 0.3 is 5.97 Å². The van der Waals surface area contributed by atoms with Crippen molar-refractivity contribution in [3.05, 3.63) is 29.6 Å². The van der Waals surface area contributed by atoms with Gasteiger partial charge in [-0.2, -0.15) is 0 Å². The van der Waals surface area contributed by atoms with E-state index >= 15 is 0 Å². The van der Waals surface area contributed by atoms with Gasteiger partial charge in [0.15, 0.2) is 5.78 Å². The van der Waals surface area contributed by atoms with Crippen LogP contribution in [0.25, 0.3) is 0 Å². The summed E-state index contributed by atoms with van der Waals surface area (Å²) in [6.45, 7) is 5.63. The molecule has 1 atom stereocenters. The molecule has 0 saturated heterocycles. The molecule has 0 aromatic carbocycles. The van der Waals surface area contributed by atoms with Crippen LogP contribution in [0.1, 0.15) is 36.7 Å². The maximum atomic E-state index is 12.4. The fraction of sp³-hybridized carbons (Fsp3) is 0.500. The van der Waals surface area contributed by atoms with Gasteiger partial charge in [0, 0.05) is 18.0 Å². The Morgan fingerprint density at radius 3 is 2.56 bits per heavy atom. The molecule has 0 saturated carbocycles. The molecule has 0 amide bonds. The van der Waals surface area contributed by atoms with Crippen LogP contribution in [-0.2, 0) is 16.0 Å². The van der Waals surface area contributed by atoms with E-state index in [0.29, 0.717) is 12.0 Å². The summed E-state index contributed by atoms with van der Waals surface area (Å²) in [5, 5.41) is 0. The van der Waals surface area contributed by atoms with Gasteiger partial charge in [-0.05, 0) is 24.0 Å². The van der Waals surface area contributed by atoms with Crippen LogP contribution in [-0.4, -0.2) is 23.8 Å². The minimum atomic E-state index is -0.748. The Morgan fingerprint density at radius 2 is 2.06 bits per heavy atom. The molecule has 18 heavy (non-hydrogen) atoms.